The summed E-state index contributed by atoms with van der Waals surface area (Å²) in [6.45, 7) is 13.6. The molecule has 0 amide bonds. The number of benzene rings is 3. The van der Waals surface area contributed by atoms with E-state index in [0.717, 1.165) is 19.3 Å². The van der Waals surface area contributed by atoms with Crippen molar-refractivity contribution in [1.82, 2.24) is 0 Å². The van der Waals surface area contributed by atoms with Crippen LogP contribution in [0.25, 0.3) is 0 Å². The van der Waals surface area contributed by atoms with Gasteiger partial charge >= 0.3 is 17.4 Å². The quantitative estimate of drug-likeness (QED) is 0.104. The van der Waals surface area contributed by atoms with Gasteiger partial charge in [0.1, 0.15) is 0 Å². The van der Waals surface area contributed by atoms with E-state index >= 15 is 0 Å². The first-order valence-corrected chi connectivity index (χ1v) is 20.2. The van der Waals surface area contributed by atoms with Crippen molar-refractivity contribution in [3.05, 3.63) is 90.0 Å². The van der Waals surface area contributed by atoms with Gasteiger partial charge in [-0.2, -0.15) is 22.0 Å². The number of carbonyl (C=O) groups excluding carboxylic acids is 1. The van der Waals surface area contributed by atoms with Crippen LogP contribution in [0.4, 0.5) is 22.0 Å². The standard InChI is InChI=1S/C26H31S.C14H17F5O5S/c1-25(2,3)20-12-16-23(17-13-20)27(22-10-8-7-9-11-22)24-18-14-21(15-19-24)26(4,5)6;15-13(16,17)10(14(18,19)25(21,22)23)24-11(20)12-4-7-1-8(5-12)3-9(2-7)6-12/h7-19H,1-6H3;7-10H,1-6H2,(H,21,22,23)/q+1;/p-1. The molecule has 0 aromatic heterocycles. The summed E-state index contributed by atoms with van der Waals surface area (Å²) in [6.07, 6.45) is -6.91. The first-order valence-electron chi connectivity index (χ1n) is 17.5. The Labute approximate surface area is 306 Å². The molecule has 3 aromatic rings. The molecule has 5 nitrogen and oxygen atoms in total. The van der Waals surface area contributed by atoms with E-state index in [1.54, 1.807) is 0 Å². The van der Waals surface area contributed by atoms with Crippen molar-refractivity contribution >= 4 is 27.0 Å². The molecule has 4 bridgehead atoms. The van der Waals surface area contributed by atoms with Crippen LogP contribution in [0.2, 0.25) is 0 Å². The van der Waals surface area contributed by atoms with E-state index in [1.807, 2.05) is 0 Å². The third-order valence-corrected chi connectivity index (χ3v) is 13.6. The predicted octanol–water partition coefficient (Wildman–Crippen LogP) is 10.2. The number of esters is 1. The van der Waals surface area contributed by atoms with Gasteiger partial charge in [-0.15, -0.1) is 0 Å². The molecule has 0 spiro atoms. The summed E-state index contributed by atoms with van der Waals surface area (Å²) in [5, 5.41) is -5.79. The number of ether oxygens (including phenoxy) is 1. The maximum atomic E-state index is 13.5. The summed E-state index contributed by atoms with van der Waals surface area (Å²) >= 11 is 0. The van der Waals surface area contributed by atoms with E-state index in [-0.39, 0.29) is 58.7 Å². The lowest BCUT2D eigenvalue weighted by Gasteiger charge is -2.55. The maximum Gasteiger partial charge on any atom is 0.432 e. The molecule has 52 heavy (non-hydrogen) atoms. The molecule has 0 saturated heterocycles. The molecular weight excluding hydrogens is 720 g/mol. The van der Waals surface area contributed by atoms with Gasteiger partial charge in [-0.3, -0.25) is 4.79 Å². The van der Waals surface area contributed by atoms with Gasteiger partial charge < -0.3 is 9.29 Å². The Balaban J connectivity index is 0.000000202. The highest BCUT2D eigenvalue weighted by atomic mass is 32.2. The van der Waals surface area contributed by atoms with Crippen LogP contribution in [0.3, 0.4) is 0 Å². The van der Waals surface area contributed by atoms with Gasteiger partial charge in [0, 0.05) is 0 Å². The van der Waals surface area contributed by atoms with Crippen molar-refractivity contribution in [2.75, 3.05) is 0 Å². The number of rotatable bonds is 7. The highest BCUT2D eigenvalue weighted by Crippen LogP contribution is 2.61. The Hall–Kier alpha value is -2.96. The van der Waals surface area contributed by atoms with Crippen LogP contribution in [0, 0.1) is 23.2 Å². The Morgan fingerprint density at radius 3 is 1.38 bits per heavy atom. The topological polar surface area (TPSA) is 83.5 Å². The third kappa shape index (κ3) is 8.70. The molecule has 4 aliphatic rings. The van der Waals surface area contributed by atoms with Crippen molar-refractivity contribution in [1.29, 1.82) is 0 Å². The largest absolute Gasteiger partial charge is 0.743 e. The molecule has 0 aliphatic heterocycles. The Bertz CT molecular complexity index is 1720. The summed E-state index contributed by atoms with van der Waals surface area (Å²) in [7, 11) is -6.75. The van der Waals surface area contributed by atoms with E-state index in [4.69, 9.17) is 0 Å². The average Bonchev–Trinajstić information content (AvgIpc) is 3.02. The minimum atomic E-state index is -6.67. The predicted molar refractivity (Wildman–Crippen MR) is 190 cm³/mol. The summed E-state index contributed by atoms with van der Waals surface area (Å²) < 4.78 is 102. The normalized spacial score (nSPS) is 23.9. The zero-order valence-electron chi connectivity index (χ0n) is 30.3. The average molecular weight is 767 g/mol. The number of alkyl halides is 5. The van der Waals surface area contributed by atoms with Crippen LogP contribution in [0.5, 0.6) is 0 Å². The smallest absolute Gasteiger partial charge is 0.432 e. The number of carbonyl (C=O) groups is 1. The van der Waals surface area contributed by atoms with Gasteiger partial charge in [-0.05, 0) is 115 Å². The van der Waals surface area contributed by atoms with Crippen LogP contribution in [-0.2, 0) is 41.4 Å². The fraction of sp³-hybridized carbons (Fsp3) is 0.525. The maximum absolute atomic E-state index is 13.5. The lowest BCUT2D eigenvalue weighted by Crippen LogP contribution is -2.56. The monoisotopic (exact) mass is 766 g/mol. The van der Waals surface area contributed by atoms with E-state index in [0.29, 0.717) is 0 Å². The van der Waals surface area contributed by atoms with Crippen LogP contribution in [-0.4, -0.2) is 36.5 Å². The first kappa shape index (κ1) is 40.2. The molecule has 3 aromatic carbocycles. The van der Waals surface area contributed by atoms with E-state index < -0.39 is 39.0 Å². The van der Waals surface area contributed by atoms with Crippen LogP contribution >= 0.6 is 0 Å². The molecule has 1 atom stereocenters. The van der Waals surface area contributed by atoms with Crippen molar-refractivity contribution in [3.8, 4) is 0 Å². The Kier molecular flexibility index (Phi) is 11.1. The van der Waals surface area contributed by atoms with E-state index in [9.17, 15) is 39.7 Å². The van der Waals surface area contributed by atoms with Gasteiger partial charge in [0.15, 0.2) is 24.8 Å². The lowest BCUT2D eigenvalue weighted by atomic mass is 9.49. The fourth-order valence-electron chi connectivity index (χ4n) is 8.20. The number of hydrogen-bond acceptors (Lipinski definition) is 5. The number of hydrogen-bond donors (Lipinski definition) is 0. The molecular formula is C40H47F5O5S2. The molecule has 4 aliphatic carbocycles. The minimum absolute atomic E-state index is 0.0847. The second kappa shape index (κ2) is 14.4. The zero-order valence-corrected chi connectivity index (χ0v) is 31.9. The van der Waals surface area contributed by atoms with Gasteiger partial charge in [0.05, 0.1) is 16.3 Å². The van der Waals surface area contributed by atoms with Crippen LogP contribution < -0.4 is 0 Å². The molecule has 0 heterocycles. The van der Waals surface area contributed by atoms with E-state index in [2.05, 4.69) is 125 Å². The third-order valence-electron chi connectivity index (χ3n) is 10.5. The van der Waals surface area contributed by atoms with Gasteiger partial charge in [-0.1, -0.05) is 84.0 Å². The van der Waals surface area contributed by atoms with Crippen molar-refractivity contribution in [3.63, 3.8) is 0 Å². The van der Waals surface area contributed by atoms with Crippen molar-refractivity contribution in [2.45, 2.75) is 123 Å². The molecule has 4 saturated carbocycles. The minimum Gasteiger partial charge on any atom is -0.743 e. The molecule has 284 valence electrons. The second-order valence-electron chi connectivity index (χ2n) is 16.7. The van der Waals surface area contributed by atoms with Crippen LogP contribution in [0.1, 0.15) is 91.2 Å². The SMILES string of the molecule is CC(C)(C)c1ccc([S+](c2ccccc2)c2ccc(C(C)(C)C)cc2)cc1.O=C(OC(C(F)(F)F)C(F)(F)S(=O)(=O)[O-])C12CC3CC(CC(C3)C1)C2. The molecule has 4 fully saturated rings. The molecule has 7 rings (SSSR count). The number of halogens is 5. The van der Waals surface area contributed by atoms with Crippen molar-refractivity contribution < 1.29 is 44.5 Å². The summed E-state index contributed by atoms with van der Waals surface area (Å²) in [5.74, 6) is -1.08. The summed E-state index contributed by atoms with van der Waals surface area (Å²) in [4.78, 5) is 16.5. The first-order chi connectivity index (χ1) is 23.9. The molecule has 12 heteroatoms. The highest BCUT2D eigenvalue weighted by Gasteiger charge is 2.65. The Morgan fingerprint density at radius 1 is 0.692 bits per heavy atom. The second-order valence-corrected chi connectivity index (χ2v) is 20.2. The molecule has 1 unspecified atom stereocenters. The Morgan fingerprint density at radius 2 is 1.06 bits per heavy atom. The molecule has 0 radical (unpaired) electrons. The molecule has 0 N–H and O–H groups in total. The highest BCUT2D eigenvalue weighted by molar-refractivity contribution is 7.97. The van der Waals surface area contributed by atoms with E-state index in [1.165, 1.54) is 25.8 Å². The van der Waals surface area contributed by atoms with Gasteiger partial charge in [-0.25, -0.2) is 8.42 Å². The lowest BCUT2D eigenvalue weighted by molar-refractivity contribution is -0.266. The summed E-state index contributed by atoms with van der Waals surface area (Å²) in [6, 6.07) is 29.3. The fourth-order valence-corrected chi connectivity index (χ4v) is 10.7. The van der Waals surface area contributed by atoms with Gasteiger partial charge in [0.25, 0.3) is 6.10 Å². The summed E-state index contributed by atoms with van der Waals surface area (Å²) in [5.41, 5.74) is 1.83. The van der Waals surface area contributed by atoms with Crippen LogP contribution in [0.15, 0.2) is 93.5 Å². The van der Waals surface area contributed by atoms with Crippen molar-refractivity contribution in [2.24, 2.45) is 23.2 Å². The van der Waals surface area contributed by atoms with Gasteiger partial charge in [0.2, 0.25) is 0 Å². The zero-order chi connectivity index (χ0) is 38.5.